The van der Waals surface area contributed by atoms with Crippen LogP contribution in [0.3, 0.4) is 0 Å². The van der Waals surface area contributed by atoms with Crippen LogP contribution < -0.4 is 5.32 Å². The first-order chi connectivity index (χ1) is 11.6. The van der Waals surface area contributed by atoms with Gasteiger partial charge in [-0.25, -0.2) is 9.97 Å². The van der Waals surface area contributed by atoms with Crippen LogP contribution in [-0.2, 0) is 6.54 Å². The monoisotopic (exact) mass is 319 g/mol. The Labute approximate surface area is 140 Å². The molecule has 4 aromatic rings. The Kier molecular flexibility index (Phi) is 3.58. The highest BCUT2D eigenvalue weighted by atomic mass is 15.0. The number of aromatic nitrogens is 4. The van der Waals surface area contributed by atoms with Crippen molar-refractivity contribution in [2.45, 2.75) is 33.4 Å². The maximum absolute atomic E-state index is 4.58. The van der Waals surface area contributed by atoms with E-state index in [1.807, 2.05) is 19.2 Å². The lowest BCUT2D eigenvalue weighted by Gasteiger charge is -2.07. The van der Waals surface area contributed by atoms with Crippen LogP contribution in [0.25, 0.3) is 33.3 Å². The van der Waals surface area contributed by atoms with E-state index in [2.05, 4.69) is 63.4 Å². The molecule has 3 aromatic heterocycles. The Bertz CT molecular complexity index is 1010. The predicted molar refractivity (Wildman–Crippen MR) is 97.9 cm³/mol. The lowest BCUT2D eigenvalue weighted by atomic mass is 10.1. The Morgan fingerprint density at radius 3 is 2.83 bits per heavy atom. The Morgan fingerprint density at radius 1 is 1.12 bits per heavy atom. The van der Waals surface area contributed by atoms with Gasteiger partial charge in [-0.05, 0) is 36.8 Å². The Morgan fingerprint density at radius 2 is 2.00 bits per heavy atom. The van der Waals surface area contributed by atoms with Crippen LogP contribution in [0.4, 0.5) is 0 Å². The van der Waals surface area contributed by atoms with Crippen LogP contribution in [0.1, 0.15) is 25.2 Å². The minimum Gasteiger partial charge on any atom is -0.354 e. The first kappa shape index (κ1) is 14.9. The van der Waals surface area contributed by atoms with Gasteiger partial charge in [-0.3, -0.25) is 0 Å². The molecular weight excluding hydrogens is 298 g/mol. The third-order valence-electron chi connectivity index (χ3n) is 4.19. The summed E-state index contributed by atoms with van der Waals surface area (Å²) in [7, 11) is 0. The fourth-order valence-corrected chi connectivity index (χ4v) is 3.00. The lowest BCUT2D eigenvalue weighted by molar-refractivity contribution is 0.589. The van der Waals surface area contributed by atoms with Crippen LogP contribution >= 0.6 is 0 Å². The predicted octanol–water partition coefficient (Wildman–Crippen LogP) is 3.91. The molecule has 3 heterocycles. The van der Waals surface area contributed by atoms with Crippen LogP contribution in [0.5, 0.6) is 0 Å². The molecule has 0 atom stereocenters. The number of benzene rings is 1. The summed E-state index contributed by atoms with van der Waals surface area (Å²) in [6, 6.07) is 11.2. The molecule has 0 aliphatic carbocycles. The zero-order valence-corrected chi connectivity index (χ0v) is 14.1. The van der Waals surface area contributed by atoms with E-state index >= 15 is 0 Å². The zero-order valence-electron chi connectivity index (χ0n) is 14.1. The number of nitrogens with one attached hydrogen (secondary N) is 3. The van der Waals surface area contributed by atoms with E-state index in [0.29, 0.717) is 6.04 Å². The molecule has 4 rings (SSSR count). The molecule has 1 aromatic carbocycles. The van der Waals surface area contributed by atoms with Gasteiger partial charge in [0, 0.05) is 40.9 Å². The van der Waals surface area contributed by atoms with Gasteiger partial charge in [0.2, 0.25) is 0 Å². The number of aromatic amines is 2. The first-order valence-corrected chi connectivity index (χ1v) is 8.27. The van der Waals surface area contributed by atoms with Crippen LogP contribution in [0.15, 0.2) is 36.5 Å². The average Bonchev–Trinajstić information content (AvgIpc) is 3.13. The van der Waals surface area contributed by atoms with Gasteiger partial charge < -0.3 is 15.3 Å². The van der Waals surface area contributed by atoms with E-state index in [1.54, 1.807) is 0 Å². The fourth-order valence-electron chi connectivity index (χ4n) is 3.00. The third kappa shape index (κ3) is 2.67. The van der Waals surface area contributed by atoms with Gasteiger partial charge in [-0.2, -0.15) is 0 Å². The smallest absolute Gasteiger partial charge is 0.158 e. The molecule has 0 radical (unpaired) electrons. The highest BCUT2D eigenvalue weighted by Gasteiger charge is 2.11. The lowest BCUT2D eigenvalue weighted by Crippen LogP contribution is -2.21. The van der Waals surface area contributed by atoms with E-state index in [9.17, 15) is 0 Å². The molecule has 0 unspecified atom stereocenters. The van der Waals surface area contributed by atoms with Crippen LogP contribution in [0, 0.1) is 6.92 Å². The number of aryl methyl sites for hydroxylation is 1. The molecule has 0 saturated heterocycles. The van der Waals surface area contributed by atoms with Crippen molar-refractivity contribution in [3.8, 4) is 11.3 Å². The number of H-pyrrole nitrogens is 2. The second-order valence-electron chi connectivity index (χ2n) is 6.52. The number of hydrogen-bond acceptors (Lipinski definition) is 3. The molecule has 5 nitrogen and oxygen atoms in total. The zero-order chi connectivity index (χ0) is 16.7. The third-order valence-corrected chi connectivity index (χ3v) is 4.19. The maximum atomic E-state index is 4.58. The standard InChI is InChI=1S/C19H21N5/c1-11(2)21-10-13-4-5-16-14(8-13)9-17(24-16)15-6-7-20-19-18(15)22-12(3)23-19/h4-9,11,21,24H,10H2,1-3H3,(H,20,22,23). The molecule has 0 aliphatic heterocycles. The summed E-state index contributed by atoms with van der Waals surface area (Å²) in [6.07, 6.45) is 1.82. The second-order valence-corrected chi connectivity index (χ2v) is 6.52. The van der Waals surface area contributed by atoms with Crippen molar-refractivity contribution < 1.29 is 0 Å². The largest absolute Gasteiger partial charge is 0.354 e. The summed E-state index contributed by atoms with van der Waals surface area (Å²) >= 11 is 0. The van der Waals surface area contributed by atoms with Crippen LogP contribution in [0.2, 0.25) is 0 Å². The number of rotatable bonds is 4. The van der Waals surface area contributed by atoms with Crippen molar-refractivity contribution in [3.05, 3.63) is 47.9 Å². The molecule has 24 heavy (non-hydrogen) atoms. The van der Waals surface area contributed by atoms with E-state index in [1.165, 1.54) is 10.9 Å². The number of pyridine rings is 1. The molecular formula is C19H21N5. The van der Waals surface area contributed by atoms with Gasteiger partial charge in [0.05, 0.1) is 0 Å². The molecule has 0 saturated carbocycles. The van der Waals surface area contributed by atoms with Crippen molar-refractivity contribution in [3.63, 3.8) is 0 Å². The normalized spacial score (nSPS) is 11.8. The van der Waals surface area contributed by atoms with Gasteiger partial charge in [0.1, 0.15) is 11.3 Å². The fraction of sp³-hybridized carbons (Fsp3) is 0.263. The number of fused-ring (bicyclic) bond motifs is 2. The van der Waals surface area contributed by atoms with Gasteiger partial charge in [-0.15, -0.1) is 0 Å². The maximum Gasteiger partial charge on any atom is 0.158 e. The summed E-state index contributed by atoms with van der Waals surface area (Å²) in [6.45, 7) is 7.15. The number of nitrogens with zero attached hydrogens (tertiary/aromatic N) is 2. The Balaban J connectivity index is 1.76. The SMILES string of the molecule is Cc1nc2c(-c3cc4cc(CNC(C)C)ccc4[nH]3)ccnc2[nH]1. The van der Waals surface area contributed by atoms with Gasteiger partial charge >= 0.3 is 0 Å². The van der Waals surface area contributed by atoms with Gasteiger partial charge in [-0.1, -0.05) is 19.9 Å². The summed E-state index contributed by atoms with van der Waals surface area (Å²) in [5.41, 5.74) is 6.29. The van der Waals surface area contributed by atoms with Crippen LogP contribution in [-0.4, -0.2) is 26.0 Å². The summed E-state index contributed by atoms with van der Waals surface area (Å²) in [5, 5.41) is 4.67. The average molecular weight is 319 g/mol. The number of imidazole rings is 1. The second kappa shape index (κ2) is 5.76. The first-order valence-electron chi connectivity index (χ1n) is 8.27. The number of hydrogen-bond donors (Lipinski definition) is 3. The van der Waals surface area contributed by atoms with E-state index in [0.717, 1.165) is 40.3 Å². The Hall–Kier alpha value is -2.66. The highest BCUT2D eigenvalue weighted by Crippen LogP contribution is 2.29. The minimum absolute atomic E-state index is 0.482. The summed E-state index contributed by atoms with van der Waals surface area (Å²) < 4.78 is 0. The molecule has 3 N–H and O–H groups in total. The van der Waals surface area contributed by atoms with Crippen molar-refractivity contribution in [2.24, 2.45) is 0 Å². The summed E-state index contributed by atoms with van der Waals surface area (Å²) in [5.74, 6) is 0.878. The molecule has 0 aliphatic rings. The van der Waals surface area contributed by atoms with E-state index in [-0.39, 0.29) is 0 Å². The van der Waals surface area contributed by atoms with Crippen molar-refractivity contribution in [2.75, 3.05) is 0 Å². The molecule has 5 heteroatoms. The van der Waals surface area contributed by atoms with Crippen molar-refractivity contribution in [1.82, 2.24) is 25.3 Å². The highest BCUT2D eigenvalue weighted by molar-refractivity contribution is 5.94. The molecule has 0 bridgehead atoms. The van der Waals surface area contributed by atoms with Gasteiger partial charge in [0.15, 0.2) is 5.65 Å². The quantitative estimate of drug-likeness (QED) is 0.534. The molecule has 0 amide bonds. The minimum atomic E-state index is 0.482. The molecule has 0 spiro atoms. The molecule has 122 valence electrons. The summed E-state index contributed by atoms with van der Waals surface area (Å²) in [4.78, 5) is 15.6. The van der Waals surface area contributed by atoms with Crippen molar-refractivity contribution in [1.29, 1.82) is 0 Å². The van der Waals surface area contributed by atoms with Gasteiger partial charge in [0.25, 0.3) is 0 Å². The van der Waals surface area contributed by atoms with Crippen molar-refractivity contribution >= 4 is 22.1 Å². The van der Waals surface area contributed by atoms with E-state index < -0.39 is 0 Å². The van der Waals surface area contributed by atoms with E-state index in [4.69, 9.17) is 0 Å². The topological polar surface area (TPSA) is 69.4 Å². The molecule has 0 fully saturated rings.